The Labute approximate surface area is 203 Å². The molecule has 4 saturated heterocycles. The zero-order valence-corrected chi connectivity index (χ0v) is 20.4. The number of carbonyl (C=O) groups excluding carboxylic acids is 2. The molecule has 6 aliphatic rings. The zero-order chi connectivity index (χ0) is 24.6. The summed E-state index contributed by atoms with van der Waals surface area (Å²) in [5.41, 5.74) is -1.84. The minimum Gasteiger partial charge on any atom is -0.472 e. The number of hydrogen-bond acceptors (Lipinski definition) is 9. The maximum atomic E-state index is 13.2. The van der Waals surface area contributed by atoms with Crippen LogP contribution in [-0.2, 0) is 28.5 Å². The minimum atomic E-state index is -0.916. The summed E-state index contributed by atoms with van der Waals surface area (Å²) in [5, 5.41) is 14.3. The molecule has 7 rings (SSSR count). The first-order chi connectivity index (χ1) is 16.6. The Kier molecular flexibility index (Phi) is 3.93. The SMILES string of the molecule is CC1(C)O[C@H]2CC(=O)OC[C@]23[C@H]2CC[C@@]4(C)[C@@H](c5ccoc5)OC(=O)[C@H]5O[C@]54[C@]2(C)/C(=N/O)C[C@@H]13. The van der Waals surface area contributed by atoms with Crippen LogP contribution in [0, 0.1) is 28.1 Å². The maximum absolute atomic E-state index is 13.2. The number of esters is 2. The van der Waals surface area contributed by atoms with Crippen LogP contribution in [0.2, 0.25) is 0 Å². The van der Waals surface area contributed by atoms with Gasteiger partial charge in [0.25, 0.3) is 0 Å². The van der Waals surface area contributed by atoms with Crippen molar-refractivity contribution in [2.75, 3.05) is 6.61 Å². The normalized spacial score (nSPS) is 52.3. The lowest BCUT2D eigenvalue weighted by Crippen LogP contribution is -2.72. The van der Waals surface area contributed by atoms with Crippen LogP contribution in [0.25, 0.3) is 0 Å². The van der Waals surface area contributed by atoms with E-state index in [9.17, 15) is 14.8 Å². The highest BCUT2D eigenvalue weighted by molar-refractivity contribution is 5.96. The van der Waals surface area contributed by atoms with Gasteiger partial charge in [-0.05, 0) is 45.1 Å². The number of ether oxygens (including phenoxy) is 4. The van der Waals surface area contributed by atoms with Gasteiger partial charge in [-0.1, -0.05) is 19.0 Å². The Balaban J connectivity index is 1.43. The van der Waals surface area contributed by atoms with Crippen LogP contribution in [-0.4, -0.2) is 52.9 Å². The van der Waals surface area contributed by atoms with E-state index in [1.54, 1.807) is 12.5 Å². The summed E-state index contributed by atoms with van der Waals surface area (Å²) in [4.78, 5) is 25.6. The van der Waals surface area contributed by atoms with E-state index in [2.05, 4.69) is 32.9 Å². The first-order valence-electron chi connectivity index (χ1n) is 12.5. The molecule has 2 aliphatic carbocycles. The van der Waals surface area contributed by atoms with Crippen molar-refractivity contribution in [2.24, 2.45) is 33.2 Å². The third kappa shape index (κ3) is 2.19. The second-order valence-corrected chi connectivity index (χ2v) is 12.3. The standard InChI is InChI=1S/C26H31NO8/c1-22(2)15-9-16(27-30)24(4)14(25(15)12-32-18(28)10-17(25)34-22)5-7-23(3)19(13-6-8-31-11-13)33-21(29)20-26(23,24)35-20/h6,8,11,14-15,17,19-20,30H,5,7,9-10,12H2,1-4H3/b27-16+/t14-,15-,17-,19+,20+,23-,24-,25+,26+/m0/s1. The van der Waals surface area contributed by atoms with Crippen molar-refractivity contribution in [3.05, 3.63) is 24.2 Å². The fraction of sp³-hybridized carbons (Fsp3) is 0.731. The van der Waals surface area contributed by atoms with E-state index in [0.29, 0.717) is 12.1 Å². The Hall–Kier alpha value is -2.39. The van der Waals surface area contributed by atoms with Crippen LogP contribution in [0.3, 0.4) is 0 Å². The molecular formula is C26H31NO8. The van der Waals surface area contributed by atoms with Gasteiger partial charge in [-0.2, -0.15) is 0 Å². The van der Waals surface area contributed by atoms with Gasteiger partial charge in [0.05, 0.1) is 36.4 Å². The van der Waals surface area contributed by atoms with Crippen molar-refractivity contribution in [3.8, 4) is 0 Å². The molecular weight excluding hydrogens is 454 g/mol. The lowest BCUT2D eigenvalue weighted by Gasteiger charge is -2.65. The largest absolute Gasteiger partial charge is 0.472 e. The van der Waals surface area contributed by atoms with Gasteiger partial charge in [-0.25, -0.2) is 4.79 Å². The van der Waals surface area contributed by atoms with E-state index < -0.39 is 45.6 Å². The van der Waals surface area contributed by atoms with Crippen molar-refractivity contribution in [1.82, 2.24) is 0 Å². The molecule has 0 unspecified atom stereocenters. The molecule has 0 aromatic carbocycles. The van der Waals surface area contributed by atoms with Crippen molar-refractivity contribution in [2.45, 2.75) is 82.9 Å². The average molecular weight is 486 g/mol. The predicted octanol–water partition coefficient (Wildman–Crippen LogP) is 3.40. The lowest BCUT2D eigenvalue weighted by molar-refractivity contribution is -0.209. The van der Waals surface area contributed by atoms with Gasteiger partial charge in [0.15, 0.2) is 6.10 Å². The third-order valence-electron chi connectivity index (χ3n) is 10.9. The topological polar surface area (TPSA) is 120 Å². The number of epoxide rings is 1. The van der Waals surface area contributed by atoms with Crippen molar-refractivity contribution in [1.29, 1.82) is 0 Å². The molecule has 0 bridgehead atoms. The number of fused-ring (bicyclic) bond motifs is 1. The molecule has 5 heterocycles. The maximum Gasteiger partial charge on any atom is 0.339 e. The van der Waals surface area contributed by atoms with Crippen LogP contribution in [0.4, 0.5) is 0 Å². The summed E-state index contributed by atoms with van der Waals surface area (Å²) in [5.74, 6) is -0.730. The molecule has 1 aromatic rings. The number of cyclic esters (lactones) is 2. The Morgan fingerprint density at radius 2 is 1.86 bits per heavy atom. The van der Waals surface area contributed by atoms with E-state index >= 15 is 0 Å². The van der Waals surface area contributed by atoms with Gasteiger partial charge in [0.1, 0.15) is 18.3 Å². The van der Waals surface area contributed by atoms with E-state index in [1.807, 2.05) is 6.07 Å². The molecule has 2 saturated carbocycles. The molecule has 9 heteroatoms. The Morgan fingerprint density at radius 3 is 2.57 bits per heavy atom. The number of oxime groups is 1. The second-order valence-electron chi connectivity index (χ2n) is 12.3. The van der Waals surface area contributed by atoms with Crippen molar-refractivity contribution in [3.63, 3.8) is 0 Å². The molecule has 9 nitrogen and oxygen atoms in total. The smallest absolute Gasteiger partial charge is 0.339 e. The fourth-order valence-corrected chi connectivity index (χ4v) is 9.51. The Morgan fingerprint density at radius 1 is 1.06 bits per heavy atom. The first-order valence-corrected chi connectivity index (χ1v) is 12.5. The highest BCUT2D eigenvalue weighted by Crippen LogP contribution is 2.79. The van der Waals surface area contributed by atoms with Crippen molar-refractivity contribution >= 4 is 17.7 Å². The molecule has 6 fully saturated rings. The van der Waals surface area contributed by atoms with Gasteiger partial charge in [0, 0.05) is 27.7 Å². The molecule has 0 amide bonds. The lowest BCUT2D eigenvalue weighted by atomic mass is 9.37. The highest BCUT2D eigenvalue weighted by Gasteiger charge is 2.89. The third-order valence-corrected chi connectivity index (χ3v) is 10.9. The molecule has 0 radical (unpaired) electrons. The summed E-state index contributed by atoms with van der Waals surface area (Å²) in [6.07, 6.45) is 3.78. The molecule has 2 spiro atoms. The van der Waals surface area contributed by atoms with Gasteiger partial charge < -0.3 is 28.6 Å². The van der Waals surface area contributed by atoms with Crippen LogP contribution >= 0.6 is 0 Å². The van der Waals surface area contributed by atoms with Gasteiger partial charge in [0.2, 0.25) is 0 Å². The summed E-state index contributed by atoms with van der Waals surface area (Å²) < 4.78 is 30.1. The number of nitrogens with zero attached hydrogens (tertiary/aromatic N) is 1. The van der Waals surface area contributed by atoms with Gasteiger partial charge in [-0.3, -0.25) is 4.79 Å². The molecule has 1 N–H and O–H groups in total. The van der Waals surface area contributed by atoms with Gasteiger partial charge >= 0.3 is 11.9 Å². The molecule has 9 atom stereocenters. The van der Waals surface area contributed by atoms with E-state index in [1.165, 1.54) is 0 Å². The second kappa shape index (κ2) is 6.29. The zero-order valence-electron chi connectivity index (χ0n) is 20.4. The minimum absolute atomic E-state index is 0.00440. The summed E-state index contributed by atoms with van der Waals surface area (Å²) in [6.45, 7) is 8.56. The van der Waals surface area contributed by atoms with E-state index in [0.717, 1.165) is 18.4 Å². The van der Waals surface area contributed by atoms with Crippen LogP contribution < -0.4 is 0 Å². The molecule has 35 heavy (non-hydrogen) atoms. The molecule has 4 aliphatic heterocycles. The predicted molar refractivity (Wildman–Crippen MR) is 118 cm³/mol. The quantitative estimate of drug-likeness (QED) is 0.278. The average Bonchev–Trinajstić information content (AvgIpc) is 3.29. The number of hydrogen-bond donors (Lipinski definition) is 1. The highest BCUT2D eigenvalue weighted by atomic mass is 16.7. The summed E-state index contributed by atoms with van der Waals surface area (Å²) >= 11 is 0. The summed E-state index contributed by atoms with van der Waals surface area (Å²) in [7, 11) is 0. The molecule has 1 aromatic heterocycles. The number of rotatable bonds is 1. The van der Waals surface area contributed by atoms with Crippen LogP contribution in [0.15, 0.2) is 28.2 Å². The molecule has 188 valence electrons. The Bertz CT molecular complexity index is 1160. The number of furan rings is 1. The first kappa shape index (κ1) is 21.9. The number of carbonyl (C=O) groups is 2. The van der Waals surface area contributed by atoms with Crippen LogP contribution in [0.1, 0.15) is 65.0 Å². The fourth-order valence-electron chi connectivity index (χ4n) is 9.51. The van der Waals surface area contributed by atoms with Crippen molar-refractivity contribution < 1.29 is 38.2 Å². The van der Waals surface area contributed by atoms with Crippen LogP contribution in [0.5, 0.6) is 0 Å². The van der Waals surface area contributed by atoms with Gasteiger partial charge in [-0.15, -0.1) is 0 Å². The summed E-state index contributed by atoms with van der Waals surface area (Å²) in [6, 6.07) is 1.83. The monoisotopic (exact) mass is 485 g/mol. The van der Waals surface area contributed by atoms with E-state index in [4.69, 9.17) is 23.4 Å². The van der Waals surface area contributed by atoms with E-state index in [-0.39, 0.29) is 36.9 Å².